The highest BCUT2D eigenvalue weighted by molar-refractivity contribution is 5.94. The van der Waals surface area contributed by atoms with Gasteiger partial charge in [0.15, 0.2) is 0 Å². The summed E-state index contributed by atoms with van der Waals surface area (Å²) in [6, 6.07) is 17.6. The van der Waals surface area contributed by atoms with Gasteiger partial charge >= 0.3 is 6.09 Å². The largest absolute Gasteiger partial charge is 0.450 e. The maximum absolute atomic E-state index is 12.5. The predicted molar refractivity (Wildman–Crippen MR) is 147 cm³/mol. The number of unbranched alkanes of at least 4 members (excludes halogenated alkanes) is 1. The molecule has 0 atom stereocenters. The highest BCUT2D eigenvalue weighted by Crippen LogP contribution is 2.17. The van der Waals surface area contributed by atoms with Crippen molar-refractivity contribution in [3.05, 3.63) is 82.1 Å². The van der Waals surface area contributed by atoms with Crippen LogP contribution in [0.1, 0.15) is 48.5 Å². The van der Waals surface area contributed by atoms with Gasteiger partial charge in [-0.05, 0) is 88.1 Å². The van der Waals surface area contributed by atoms with Gasteiger partial charge in [0.25, 0.3) is 11.5 Å². The maximum Gasteiger partial charge on any atom is 0.411 e. The molecule has 2 amide bonds. The van der Waals surface area contributed by atoms with Crippen molar-refractivity contribution < 1.29 is 14.3 Å². The normalized spacial score (nSPS) is 13.3. The van der Waals surface area contributed by atoms with Crippen LogP contribution in [-0.4, -0.2) is 59.5 Å². The second-order valence-corrected chi connectivity index (χ2v) is 9.35. The average Bonchev–Trinajstić information content (AvgIpc) is 3.44. The van der Waals surface area contributed by atoms with Crippen molar-refractivity contribution in [3.8, 4) is 11.3 Å². The third kappa shape index (κ3) is 7.76. The van der Waals surface area contributed by atoms with E-state index in [4.69, 9.17) is 4.74 Å². The van der Waals surface area contributed by atoms with E-state index in [0.717, 1.165) is 30.5 Å². The van der Waals surface area contributed by atoms with E-state index in [1.807, 2.05) is 18.2 Å². The van der Waals surface area contributed by atoms with Crippen LogP contribution in [0.15, 0.2) is 65.5 Å². The van der Waals surface area contributed by atoms with Gasteiger partial charge in [-0.15, -0.1) is 0 Å². The fourth-order valence-electron chi connectivity index (χ4n) is 4.48. The molecule has 3 aromatic rings. The number of hydrogen-bond donors (Lipinski definition) is 2. The zero-order valence-corrected chi connectivity index (χ0v) is 21.8. The molecule has 0 unspecified atom stereocenters. The summed E-state index contributed by atoms with van der Waals surface area (Å²) in [4.78, 5) is 39.2. The molecule has 1 aliphatic heterocycles. The SMILES string of the molecule is CCOC(=O)Nc1cccc(Cn2nc(-c3ccc(C(=O)NCCCCN4CCCC4)cc3)ccc2=O)c1. The molecule has 1 fully saturated rings. The lowest BCUT2D eigenvalue weighted by molar-refractivity contribution is 0.0952. The zero-order chi connectivity index (χ0) is 26.7. The van der Waals surface area contributed by atoms with Crippen LogP contribution < -0.4 is 16.2 Å². The van der Waals surface area contributed by atoms with Gasteiger partial charge in [-0.3, -0.25) is 14.9 Å². The number of likely N-dealkylation sites (tertiary alicyclic amines) is 1. The van der Waals surface area contributed by atoms with Crippen molar-refractivity contribution in [2.24, 2.45) is 0 Å². The number of rotatable bonds is 11. The molecule has 0 bridgehead atoms. The van der Waals surface area contributed by atoms with Gasteiger partial charge in [0.05, 0.1) is 18.8 Å². The minimum absolute atomic E-state index is 0.0908. The van der Waals surface area contributed by atoms with Gasteiger partial charge in [0, 0.05) is 29.4 Å². The Hall–Kier alpha value is -3.98. The Morgan fingerprint density at radius 3 is 2.55 bits per heavy atom. The number of carbonyl (C=O) groups is 2. The first-order valence-electron chi connectivity index (χ1n) is 13.2. The van der Waals surface area contributed by atoms with Crippen LogP contribution in [0.2, 0.25) is 0 Å². The third-order valence-electron chi connectivity index (χ3n) is 6.48. The molecule has 1 aromatic heterocycles. The molecule has 38 heavy (non-hydrogen) atoms. The Morgan fingerprint density at radius 1 is 1.00 bits per heavy atom. The topological polar surface area (TPSA) is 106 Å². The number of nitrogens with zero attached hydrogens (tertiary/aromatic N) is 3. The lowest BCUT2D eigenvalue weighted by atomic mass is 10.1. The zero-order valence-electron chi connectivity index (χ0n) is 21.8. The fraction of sp³-hybridized carbons (Fsp3) is 0.379. The first-order chi connectivity index (χ1) is 18.5. The van der Waals surface area contributed by atoms with E-state index in [-0.39, 0.29) is 24.6 Å². The van der Waals surface area contributed by atoms with Crippen molar-refractivity contribution in [1.29, 1.82) is 0 Å². The van der Waals surface area contributed by atoms with Gasteiger partial charge in [-0.2, -0.15) is 5.10 Å². The molecule has 9 heteroatoms. The quantitative estimate of drug-likeness (QED) is 0.371. The molecule has 1 aliphatic rings. The Bertz CT molecular complexity index is 1280. The predicted octanol–water partition coefficient (Wildman–Crippen LogP) is 4.13. The molecule has 2 heterocycles. The van der Waals surface area contributed by atoms with E-state index < -0.39 is 6.09 Å². The molecular weight excluding hydrogens is 482 g/mol. The van der Waals surface area contributed by atoms with Crippen molar-refractivity contribution in [2.45, 2.75) is 39.2 Å². The highest BCUT2D eigenvalue weighted by Gasteiger charge is 2.11. The molecule has 0 saturated carbocycles. The van der Waals surface area contributed by atoms with E-state index >= 15 is 0 Å². The summed E-state index contributed by atoms with van der Waals surface area (Å²) >= 11 is 0. The lowest BCUT2D eigenvalue weighted by Crippen LogP contribution is -2.26. The molecule has 9 nitrogen and oxygen atoms in total. The second kappa shape index (κ2) is 13.5. The van der Waals surface area contributed by atoms with E-state index in [0.29, 0.717) is 23.5 Å². The Morgan fingerprint density at radius 2 is 1.79 bits per heavy atom. The van der Waals surface area contributed by atoms with E-state index in [1.165, 1.54) is 36.7 Å². The van der Waals surface area contributed by atoms with E-state index in [1.54, 1.807) is 43.3 Å². The minimum Gasteiger partial charge on any atom is -0.450 e. The highest BCUT2D eigenvalue weighted by atomic mass is 16.5. The molecule has 2 aromatic carbocycles. The summed E-state index contributed by atoms with van der Waals surface area (Å²) in [5.74, 6) is -0.0908. The Labute approximate surface area is 222 Å². The summed E-state index contributed by atoms with van der Waals surface area (Å²) in [7, 11) is 0. The summed E-state index contributed by atoms with van der Waals surface area (Å²) in [5.41, 5.74) is 3.16. The van der Waals surface area contributed by atoms with Crippen molar-refractivity contribution in [1.82, 2.24) is 20.0 Å². The van der Waals surface area contributed by atoms with Gasteiger partial charge in [-0.1, -0.05) is 24.3 Å². The van der Waals surface area contributed by atoms with Crippen molar-refractivity contribution in [3.63, 3.8) is 0 Å². The number of hydrogen-bond acceptors (Lipinski definition) is 6. The number of aromatic nitrogens is 2. The molecule has 0 aliphatic carbocycles. The van der Waals surface area contributed by atoms with Crippen LogP contribution in [0.3, 0.4) is 0 Å². The number of amides is 2. The molecule has 0 spiro atoms. The minimum atomic E-state index is -0.531. The van der Waals surface area contributed by atoms with Crippen molar-refractivity contribution in [2.75, 3.05) is 38.1 Å². The number of nitrogens with one attached hydrogen (secondary N) is 2. The molecule has 0 radical (unpaired) electrons. The molecule has 4 rings (SSSR count). The molecular formula is C29H35N5O4. The first-order valence-corrected chi connectivity index (χ1v) is 13.2. The molecule has 1 saturated heterocycles. The second-order valence-electron chi connectivity index (χ2n) is 9.35. The first kappa shape index (κ1) is 27.1. The summed E-state index contributed by atoms with van der Waals surface area (Å²) in [6.45, 7) is 6.43. The number of benzene rings is 2. The summed E-state index contributed by atoms with van der Waals surface area (Å²) in [5, 5.41) is 10.2. The number of carbonyl (C=O) groups excluding carboxylic acids is 2. The fourth-order valence-corrected chi connectivity index (χ4v) is 4.48. The van der Waals surface area contributed by atoms with Gasteiger partial charge < -0.3 is 15.0 Å². The van der Waals surface area contributed by atoms with Crippen LogP contribution >= 0.6 is 0 Å². The Kier molecular flexibility index (Phi) is 9.64. The number of anilines is 1. The standard InChI is InChI=1S/C29H35N5O4/c1-2-38-29(37)31-25-9-7-8-22(20-25)21-34-27(35)15-14-26(32-34)23-10-12-24(13-11-23)28(36)30-16-3-4-17-33-18-5-6-19-33/h7-15,20H,2-6,16-19,21H2,1H3,(H,30,36)(H,31,37). The summed E-state index contributed by atoms with van der Waals surface area (Å²) in [6.07, 6.45) is 4.12. The third-order valence-corrected chi connectivity index (χ3v) is 6.48. The van der Waals surface area contributed by atoms with Crippen LogP contribution in [0.25, 0.3) is 11.3 Å². The molecule has 2 N–H and O–H groups in total. The van der Waals surface area contributed by atoms with Crippen LogP contribution in [-0.2, 0) is 11.3 Å². The van der Waals surface area contributed by atoms with Crippen LogP contribution in [0, 0.1) is 0 Å². The smallest absolute Gasteiger partial charge is 0.411 e. The van der Waals surface area contributed by atoms with Gasteiger partial charge in [0.1, 0.15) is 0 Å². The number of ether oxygens (including phenoxy) is 1. The van der Waals surface area contributed by atoms with Gasteiger partial charge in [0.2, 0.25) is 0 Å². The van der Waals surface area contributed by atoms with Gasteiger partial charge in [-0.25, -0.2) is 9.48 Å². The summed E-state index contributed by atoms with van der Waals surface area (Å²) < 4.78 is 6.29. The maximum atomic E-state index is 12.5. The Balaban J connectivity index is 1.34. The van der Waals surface area contributed by atoms with Crippen molar-refractivity contribution >= 4 is 17.7 Å². The van der Waals surface area contributed by atoms with E-state index in [2.05, 4.69) is 20.6 Å². The average molecular weight is 518 g/mol. The monoisotopic (exact) mass is 517 g/mol. The van der Waals surface area contributed by atoms with E-state index in [9.17, 15) is 14.4 Å². The van der Waals surface area contributed by atoms with Crippen LogP contribution in [0.4, 0.5) is 10.5 Å². The van der Waals surface area contributed by atoms with Crippen LogP contribution in [0.5, 0.6) is 0 Å². The molecule has 200 valence electrons. The lowest BCUT2D eigenvalue weighted by Gasteiger charge is -2.14.